The maximum absolute atomic E-state index is 11.9. The number of benzene rings is 1. The molecule has 0 saturated carbocycles. The van der Waals surface area contributed by atoms with E-state index in [9.17, 15) is 4.79 Å². The Bertz CT molecular complexity index is 632. The van der Waals surface area contributed by atoms with Gasteiger partial charge in [-0.2, -0.15) is 0 Å². The van der Waals surface area contributed by atoms with Gasteiger partial charge in [-0.3, -0.25) is 14.7 Å². The van der Waals surface area contributed by atoms with Crippen LogP contribution in [0.4, 0.5) is 5.69 Å². The molecule has 1 amide bonds. The standard InChI is InChI=1S/C19H24N4O/c24-19(22-17-7-4-10-20-13-17)8-11-21-18-9-12-23(15-18)14-16-5-2-1-3-6-16/h1-7,10,13,18,21H,8-9,11-12,14-15H2,(H,22,24)/t18-/m0/s1. The first-order valence-corrected chi connectivity index (χ1v) is 8.49. The number of carbonyl (C=O) groups is 1. The number of rotatable bonds is 7. The fourth-order valence-corrected chi connectivity index (χ4v) is 3.03. The summed E-state index contributed by atoms with van der Waals surface area (Å²) in [4.78, 5) is 18.4. The van der Waals surface area contributed by atoms with Crippen molar-refractivity contribution in [1.29, 1.82) is 0 Å². The van der Waals surface area contributed by atoms with E-state index in [2.05, 4.69) is 44.8 Å². The molecule has 1 atom stereocenters. The molecule has 0 radical (unpaired) electrons. The predicted octanol–water partition coefficient (Wildman–Crippen LogP) is 2.27. The van der Waals surface area contributed by atoms with Crippen molar-refractivity contribution < 1.29 is 4.79 Å². The molecular formula is C19H24N4O. The quantitative estimate of drug-likeness (QED) is 0.820. The zero-order valence-corrected chi connectivity index (χ0v) is 13.8. The molecule has 24 heavy (non-hydrogen) atoms. The minimum atomic E-state index is 0.0228. The van der Waals surface area contributed by atoms with Crippen molar-refractivity contribution in [3.8, 4) is 0 Å². The van der Waals surface area contributed by atoms with Crippen LogP contribution < -0.4 is 10.6 Å². The molecule has 0 unspecified atom stereocenters. The van der Waals surface area contributed by atoms with Gasteiger partial charge in [-0.25, -0.2) is 0 Å². The van der Waals surface area contributed by atoms with Crippen LogP contribution in [-0.2, 0) is 11.3 Å². The number of pyridine rings is 1. The molecule has 5 nitrogen and oxygen atoms in total. The number of amides is 1. The van der Waals surface area contributed by atoms with Gasteiger partial charge in [0.2, 0.25) is 5.91 Å². The van der Waals surface area contributed by atoms with Crippen molar-refractivity contribution in [2.45, 2.75) is 25.4 Å². The van der Waals surface area contributed by atoms with E-state index in [4.69, 9.17) is 0 Å². The second-order valence-electron chi connectivity index (χ2n) is 6.20. The number of anilines is 1. The number of aromatic nitrogens is 1. The fourth-order valence-electron chi connectivity index (χ4n) is 3.03. The van der Waals surface area contributed by atoms with Gasteiger partial charge in [0.25, 0.3) is 0 Å². The molecule has 1 saturated heterocycles. The number of hydrogen-bond acceptors (Lipinski definition) is 4. The second-order valence-corrected chi connectivity index (χ2v) is 6.20. The van der Waals surface area contributed by atoms with Crippen molar-refractivity contribution in [1.82, 2.24) is 15.2 Å². The van der Waals surface area contributed by atoms with E-state index >= 15 is 0 Å². The Morgan fingerprint density at radius 1 is 1.21 bits per heavy atom. The molecule has 1 aliphatic heterocycles. The van der Waals surface area contributed by atoms with Crippen molar-refractivity contribution in [3.05, 3.63) is 60.4 Å². The second kappa shape index (κ2) is 8.57. The van der Waals surface area contributed by atoms with Gasteiger partial charge in [-0.1, -0.05) is 30.3 Å². The molecule has 2 N–H and O–H groups in total. The zero-order valence-electron chi connectivity index (χ0n) is 13.8. The molecule has 1 fully saturated rings. The summed E-state index contributed by atoms with van der Waals surface area (Å²) in [5, 5.41) is 6.35. The highest BCUT2D eigenvalue weighted by atomic mass is 16.1. The summed E-state index contributed by atoms with van der Waals surface area (Å²) in [5.74, 6) is 0.0228. The molecule has 5 heteroatoms. The minimum absolute atomic E-state index is 0.0228. The lowest BCUT2D eigenvalue weighted by atomic mass is 10.2. The predicted molar refractivity (Wildman–Crippen MR) is 95.6 cm³/mol. The number of carbonyl (C=O) groups excluding carboxylic acids is 1. The highest BCUT2D eigenvalue weighted by Gasteiger charge is 2.21. The van der Waals surface area contributed by atoms with E-state index in [-0.39, 0.29) is 5.91 Å². The van der Waals surface area contributed by atoms with Crippen molar-refractivity contribution in [2.75, 3.05) is 25.0 Å². The summed E-state index contributed by atoms with van der Waals surface area (Å²) in [6.45, 7) is 3.85. The van der Waals surface area contributed by atoms with E-state index in [0.29, 0.717) is 19.0 Å². The Balaban J connectivity index is 1.33. The van der Waals surface area contributed by atoms with Crippen LogP contribution in [0.5, 0.6) is 0 Å². The van der Waals surface area contributed by atoms with Crippen molar-refractivity contribution in [2.24, 2.45) is 0 Å². The average molecular weight is 324 g/mol. The van der Waals surface area contributed by atoms with Crippen LogP contribution >= 0.6 is 0 Å². The summed E-state index contributed by atoms with van der Waals surface area (Å²) in [7, 11) is 0. The summed E-state index contributed by atoms with van der Waals surface area (Å²) in [5.41, 5.74) is 2.10. The molecule has 126 valence electrons. The summed E-state index contributed by atoms with van der Waals surface area (Å²) in [6.07, 6.45) is 4.96. The molecule has 1 aromatic heterocycles. The van der Waals surface area contributed by atoms with Gasteiger partial charge in [-0.15, -0.1) is 0 Å². The highest BCUT2D eigenvalue weighted by Crippen LogP contribution is 2.13. The number of hydrogen-bond donors (Lipinski definition) is 2. The molecule has 3 rings (SSSR count). The van der Waals surface area contributed by atoms with Gasteiger partial charge in [-0.05, 0) is 24.1 Å². The van der Waals surface area contributed by atoms with E-state index < -0.39 is 0 Å². The molecule has 0 spiro atoms. The normalized spacial score (nSPS) is 17.8. The molecule has 2 aromatic rings. The Labute approximate surface area is 143 Å². The topological polar surface area (TPSA) is 57.3 Å². The van der Waals surface area contributed by atoms with E-state index in [1.54, 1.807) is 12.4 Å². The number of likely N-dealkylation sites (tertiary alicyclic amines) is 1. The Morgan fingerprint density at radius 3 is 2.88 bits per heavy atom. The first-order valence-electron chi connectivity index (χ1n) is 8.49. The molecule has 1 aliphatic rings. The molecule has 0 aliphatic carbocycles. The first-order chi connectivity index (χ1) is 11.8. The average Bonchev–Trinajstić information content (AvgIpc) is 3.04. The van der Waals surface area contributed by atoms with E-state index in [1.165, 1.54) is 5.56 Å². The minimum Gasteiger partial charge on any atom is -0.325 e. The molecule has 2 heterocycles. The lowest BCUT2D eigenvalue weighted by Crippen LogP contribution is -2.34. The highest BCUT2D eigenvalue weighted by molar-refractivity contribution is 5.90. The van der Waals surface area contributed by atoms with Crippen LogP contribution in [-0.4, -0.2) is 41.5 Å². The van der Waals surface area contributed by atoms with E-state index in [1.807, 2.05) is 18.2 Å². The van der Waals surface area contributed by atoms with Gasteiger partial charge in [0.05, 0.1) is 11.9 Å². The van der Waals surface area contributed by atoms with Crippen LogP contribution in [0.3, 0.4) is 0 Å². The number of nitrogens with zero attached hydrogens (tertiary/aromatic N) is 2. The largest absolute Gasteiger partial charge is 0.325 e. The first kappa shape index (κ1) is 16.6. The number of nitrogens with one attached hydrogen (secondary N) is 2. The molecular weight excluding hydrogens is 300 g/mol. The lowest BCUT2D eigenvalue weighted by Gasteiger charge is -2.16. The van der Waals surface area contributed by atoms with Gasteiger partial charge < -0.3 is 10.6 Å². The van der Waals surface area contributed by atoms with Gasteiger partial charge in [0, 0.05) is 44.8 Å². The van der Waals surface area contributed by atoms with Crippen LogP contribution in [0.1, 0.15) is 18.4 Å². The third kappa shape index (κ3) is 5.15. The lowest BCUT2D eigenvalue weighted by molar-refractivity contribution is -0.116. The summed E-state index contributed by atoms with van der Waals surface area (Å²) in [6, 6.07) is 14.7. The van der Waals surface area contributed by atoms with Gasteiger partial charge in [0.15, 0.2) is 0 Å². The summed E-state index contributed by atoms with van der Waals surface area (Å²) >= 11 is 0. The monoisotopic (exact) mass is 324 g/mol. The maximum atomic E-state index is 11.9. The van der Waals surface area contributed by atoms with Crippen LogP contribution in [0.2, 0.25) is 0 Å². The van der Waals surface area contributed by atoms with Crippen LogP contribution in [0, 0.1) is 0 Å². The smallest absolute Gasteiger partial charge is 0.225 e. The van der Waals surface area contributed by atoms with Crippen molar-refractivity contribution in [3.63, 3.8) is 0 Å². The SMILES string of the molecule is O=C(CCN[C@H]1CCN(Cc2ccccc2)C1)Nc1cccnc1. The van der Waals surface area contributed by atoms with Gasteiger partial charge >= 0.3 is 0 Å². The zero-order chi connectivity index (χ0) is 16.6. The Morgan fingerprint density at radius 2 is 2.08 bits per heavy atom. The van der Waals surface area contributed by atoms with Crippen LogP contribution in [0.25, 0.3) is 0 Å². The molecule has 0 bridgehead atoms. The van der Waals surface area contributed by atoms with Crippen molar-refractivity contribution >= 4 is 11.6 Å². The summed E-state index contributed by atoms with van der Waals surface area (Å²) < 4.78 is 0. The molecule has 1 aromatic carbocycles. The fraction of sp³-hybridized carbons (Fsp3) is 0.368. The Kier molecular flexibility index (Phi) is 5.93. The Hall–Kier alpha value is -2.24. The van der Waals surface area contributed by atoms with Gasteiger partial charge in [0.1, 0.15) is 0 Å². The maximum Gasteiger partial charge on any atom is 0.225 e. The third-order valence-corrected chi connectivity index (χ3v) is 4.25. The van der Waals surface area contributed by atoms with E-state index in [0.717, 1.165) is 31.7 Å². The third-order valence-electron chi connectivity index (χ3n) is 4.25. The van der Waals surface area contributed by atoms with Crippen LogP contribution in [0.15, 0.2) is 54.9 Å².